The average molecular weight is 389 g/mol. The van der Waals surface area contributed by atoms with Gasteiger partial charge in [-0.1, -0.05) is 11.6 Å². The Bertz CT molecular complexity index is 666. The summed E-state index contributed by atoms with van der Waals surface area (Å²) in [6.07, 6.45) is 4.23. The van der Waals surface area contributed by atoms with E-state index in [0.717, 1.165) is 28.8 Å². The van der Waals surface area contributed by atoms with Gasteiger partial charge in [0.15, 0.2) is 0 Å². The van der Waals surface area contributed by atoms with Gasteiger partial charge in [0.1, 0.15) is 6.04 Å². The van der Waals surface area contributed by atoms with Gasteiger partial charge in [-0.25, -0.2) is 0 Å². The average Bonchev–Trinajstić information content (AvgIpc) is 3.02. The number of rotatable bonds is 6. The standard InChI is InChI=1S/C14H19BrClN5O/c1-9-13(16)10(2)20(19-9)6-4-5-17-14(22)11(3)21-8-12(15)7-18-21/h7-8,11H,4-6H2,1-3H3,(H,17,22). The summed E-state index contributed by atoms with van der Waals surface area (Å²) in [5.41, 5.74) is 1.79. The topological polar surface area (TPSA) is 64.7 Å². The normalized spacial score (nSPS) is 12.4. The molecule has 2 rings (SSSR count). The zero-order valence-corrected chi connectivity index (χ0v) is 15.1. The number of amides is 1. The number of nitrogens with one attached hydrogen (secondary N) is 1. The number of aromatic nitrogens is 4. The lowest BCUT2D eigenvalue weighted by atomic mass is 10.3. The second-order valence-electron chi connectivity index (χ2n) is 5.17. The molecule has 0 saturated heterocycles. The van der Waals surface area contributed by atoms with E-state index in [9.17, 15) is 4.79 Å². The molecule has 0 aromatic carbocycles. The molecule has 1 atom stereocenters. The van der Waals surface area contributed by atoms with Crippen molar-refractivity contribution >= 4 is 33.4 Å². The van der Waals surface area contributed by atoms with Crippen LogP contribution in [0.15, 0.2) is 16.9 Å². The number of hydrogen-bond acceptors (Lipinski definition) is 3. The van der Waals surface area contributed by atoms with Crippen molar-refractivity contribution in [2.45, 2.75) is 39.8 Å². The quantitative estimate of drug-likeness (QED) is 0.774. The van der Waals surface area contributed by atoms with Crippen molar-refractivity contribution in [3.05, 3.63) is 33.3 Å². The Morgan fingerprint density at radius 1 is 1.50 bits per heavy atom. The number of carbonyl (C=O) groups is 1. The first-order chi connectivity index (χ1) is 10.4. The smallest absolute Gasteiger partial charge is 0.244 e. The fourth-order valence-corrected chi connectivity index (χ4v) is 2.56. The lowest BCUT2D eigenvalue weighted by Gasteiger charge is -2.12. The molecule has 0 aliphatic heterocycles. The van der Waals surface area contributed by atoms with E-state index in [2.05, 4.69) is 31.4 Å². The maximum absolute atomic E-state index is 12.1. The fraction of sp³-hybridized carbons (Fsp3) is 0.500. The van der Waals surface area contributed by atoms with Crippen molar-refractivity contribution in [3.63, 3.8) is 0 Å². The van der Waals surface area contributed by atoms with E-state index >= 15 is 0 Å². The predicted molar refractivity (Wildman–Crippen MR) is 89.0 cm³/mol. The first-order valence-electron chi connectivity index (χ1n) is 7.07. The molecule has 0 radical (unpaired) electrons. The highest BCUT2D eigenvalue weighted by Crippen LogP contribution is 2.18. The number of hydrogen-bond donors (Lipinski definition) is 1. The number of aryl methyl sites for hydroxylation is 2. The molecule has 1 unspecified atom stereocenters. The molecule has 0 aliphatic rings. The summed E-state index contributed by atoms with van der Waals surface area (Å²) in [6.45, 7) is 6.95. The van der Waals surface area contributed by atoms with Crippen molar-refractivity contribution in [1.82, 2.24) is 24.9 Å². The summed E-state index contributed by atoms with van der Waals surface area (Å²) in [5, 5.41) is 12.1. The molecule has 0 saturated carbocycles. The minimum absolute atomic E-state index is 0.0537. The number of halogens is 2. The Labute approximate surface area is 143 Å². The fourth-order valence-electron chi connectivity index (χ4n) is 2.13. The van der Waals surface area contributed by atoms with E-state index in [1.54, 1.807) is 17.1 Å². The van der Waals surface area contributed by atoms with Crippen LogP contribution in [0.2, 0.25) is 5.02 Å². The van der Waals surface area contributed by atoms with Gasteiger partial charge in [-0.15, -0.1) is 0 Å². The summed E-state index contributed by atoms with van der Waals surface area (Å²) in [6, 6.07) is -0.338. The number of carbonyl (C=O) groups excluding carboxylic acids is 1. The van der Waals surface area contributed by atoms with E-state index in [4.69, 9.17) is 11.6 Å². The Morgan fingerprint density at radius 2 is 2.23 bits per heavy atom. The Balaban J connectivity index is 1.78. The molecule has 2 aromatic heterocycles. The minimum Gasteiger partial charge on any atom is -0.354 e. The first kappa shape index (κ1) is 17.0. The molecular weight excluding hydrogens is 370 g/mol. The monoisotopic (exact) mass is 387 g/mol. The number of nitrogens with zero attached hydrogens (tertiary/aromatic N) is 4. The van der Waals surface area contributed by atoms with Crippen molar-refractivity contribution < 1.29 is 4.79 Å². The van der Waals surface area contributed by atoms with Crippen LogP contribution in [0.5, 0.6) is 0 Å². The molecule has 8 heteroatoms. The summed E-state index contributed by atoms with van der Waals surface area (Å²) < 4.78 is 4.35. The Hall–Kier alpha value is -1.34. The van der Waals surface area contributed by atoms with Crippen LogP contribution < -0.4 is 5.32 Å². The molecule has 2 aromatic rings. The Morgan fingerprint density at radius 3 is 2.77 bits per heavy atom. The second kappa shape index (κ2) is 7.28. The lowest BCUT2D eigenvalue weighted by molar-refractivity contribution is -0.124. The van der Waals surface area contributed by atoms with Crippen molar-refractivity contribution in [2.75, 3.05) is 6.54 Å². The van der Waals surface area contributed by atoms with Crippen LogP contribution in [-0.4, -0.2) is 32.0 Å². The molecule has 0 aliphatic carbocycles. The summed E-state index contributed by atoms with van der Waals surface area (Å²) >= 11 is 9.42. The molecule has 1 N–H and O–H groups in total. The zero-order chi connectivity index (χ0) is 16.3. The molecule has 0 fully saturated rings. The van der Waals surface area contributed by atoms with Gasteiger partial charge < -0.3 is 5.32 Å². The van der Waals surface area contributed by atoms with Crippen LogP contribution in [-0.2, 0) is 11.3 Å². The van der Waals surface area contributed by atoms with Crippen LogP contribution >= 0.6 is 27.5 Å². The highest BCUT2D eigenvalue weighted by Gasteiger charge is 2.15. The van der Waals surface area contributed by atoms with Crippen LogP contribution in [0.1, 0.15) is 30.8 Å². The van der Waals surface area contributed by atoms with Crippen LogP contribution in [0.25, 0.3) is 0 Å². The van der Waals surface area contributed by atoms with E-state index in [1.807, 2.05) is 25.5 Å². The van der Waals surface area contributed by atoms with Gasteiger partial charge in [0.05, 0.1) is 27.1 Å². The van der Waals surface area contributed by atoms with E-state index in [0.29, 0.717) is 11.6 Å². The summed E-state index contributed by atoms with van der Waals surface area (Å²) in [4.78, 5) is 12.1. The van der Waals surface area contributed by atoms with Crippen molar-refractivity contribution in [1.29, 1.82) is 0 Å². The van der Waals surface area contributed by atoms with Crippen LogP contribution in [0.3, 0.4) is 0 Å². The third-order valence-corrected chi connectivity index (χ3v) is 4.44. The van der Waals surface area contributed by atoms with Crippen molar-refractivity contribution in [3.8, 4) is 0 Å². The van der Waals surface area contributed by atoms with E-state index in [1.165, 1.54) is 0 Å². The van der Waals surface area contributed by atoms with Gasteiger partial charge in [-0.2, -0.15) is 10.2 Å². The van der Waals surface area contributed by atoms with Gasteiger partial charge >= 0.3 is 0 Å². The highest BCUT2D eigenvalue weighted by molar-refractivity contribution is 9.10. The third kappa shape index (κ3) is 3.89. The molecule has 2 heterocycles. The first-order valence-corrected chi connectivity index (χ1v) is 8.24. The van der Waals surface area contributed by atoms with E-state index < -0.39 is 0 Å². The molecule has 1 amide bonds. The third-order valence-electron chi connectivity index (χ3n) is 3.49. The summed E-state index contributed by atoms with van der Waals surface area (Å²) in [5.74, 6) is -0.0537. The largest absolute Gasteiger partial charge is 0.354 e. The SMILES string of the molecule is Cc1nn(CCCNC(=O)C(C)n2cc(Br)cn2)c(C)c1Cl. The second-order valence-corrected chi connectivity index (χ2v) is 6.46. The van der Waals surface area contributed by atoms with E-state index in [-0.39, 0.29) is 11.9 Å². The maximum Gasteiger partial charge on any atom is 0.244 e. The summed E-state index contributed by atoms with van der Waals surface area (Å²) in [7, 11) is 0. The predicted octanol–water partition coefficient (Wildman–Crippen LogP) is 2.88. The van der Waals surface area contributed by atoms with Crippen LogP contribution in [0.4, 0.5) is 0 Å². The zero-order valence-electron chi connectivity index (χ0n) is 12.8. The van der Waals surface area contributed by atoms with Crippen LogP contribution in [0, 0.1) is 13.8 Å². The lowest BCUT2D eigenvalue weighted by Crippen LogP contribution is -2.32. The molecule has 6 nitrogen and oxygen atoms in total. The Kier molecular flexibility index (Phi) is 5.63. The molecule has 0 spiro atoms. The molecular formula is C14H19BrClN5O. The van der Waals surface area contributed by atoms with Gasteiger partial charge in [0, 0.05) is 19.3 Å². The highest BCUT2D eigenvalue weighted by atomic mass is 79.9. The van der Waals surface area contributed by atoms with Gasteiger partial charge in [-0.3, -0.25) is 14.2 Å². The van der Waals surface area contributed by atoms with Gasteiger partial charge in [0.2, 0.25) is 5.91 Å². The molecule has 120 valence electrons. The van der Waals surface area contributed by atoms with Gasteiger partial charge in [-0.05, 0) is 43.1 Å². The maximum atomic E-state index is 12.1. The van der Waals surface area contributed by atoms with Gasteiger partial charge in [0.25, 0.3) is 0 Å². The molecule has 22 heavy (non-hydrogen) atoms. The minimum atomic E-state index is -0.338. The van der Waals surface area contributed by atoms with Crippen molar-refractivity contribution in [2.24, 2.45) is 0 Å². The molecule has 0 bridgehead atoms.